The highest BCUT2D eigenvalue weighted by Crippen LogP contribution is 2.49. The number of benzene rings is 9. The van der Waals surface area contributed by atoms with E-state index in [0.29, 0.717) is 0 Å². The molecule has 0 saturated heterocycles. The van der Waals surface area contributed by atoms with Crippen LogP contribution in [-0.2, 0) is 0 Å². The van der Waals surface area contributed by atoms with Gasteiger partial charge in [0.2, 0.25) is 0 Å². The first-order chi connectivity index (χ1) is 28.3. The summed E-state index contributed by atoms with van der Waals surface area (Å²) in [6.45, 7) is 0. The zero-order chi connectivity index (χ0) is 37.7. The normalized spacial score (nSPS) is 11.5. The van der Waals surface area contributed by atoms with Gasteiger partial charge in [0, 0.05) is 27.8 Å². The number of nitrogens with zero attached hydrogens (tertiary/aromatic N) is 2. The quantitative estimate of drug-likeness (QED) is 0.163. The van der Waals surface area contributed by atoms with Gasteiger partial charge in [-0.3, -0.25) is 0 Å². The van der Waals surface area contributed by atoms with Gasteiger partial charge in [-0.2, -0.15) is 0 Å². The summed E-state index contributed by atoms with van der Waals surface area (Å²) in [4.78, 5) is 2.40. The van der Waals surface area contributed by atoms with Crippen molar-refractivity contribution >= 4 is 60.8 Å². The second kappa shape index (κ2) is 13.6. The summed E-state index contributed by atoms with van der Waals surface area (Å²) in [5.41, 5.74) is 15.3. The molecule has 57 heavy (non-hydrogen) atoms. The van der Waals surface area contributed by atoms with E-state index in [1.165, 1.54) is 33.4 Å². The van der Waals surface area contributed by atoms with Crippen molar-refractivity contribution in [3.05, 3.63) is 218 Å². The van der Waals surface area contributed by atoms with Gasteiger partial charge in [0.25, 0.3) is 0 Å². The second-order valence-corrected chi connectivity index (χ2v) is 14.5. The lowest BCUT2D eigenvalue weighted by atomic mass is 10.0. The summed E-state index contributed by atoms with van der Waals surface area (Å²) in [6, 6.07) is 78.0. The van der Waals surface area contributed by atoms with E-state index in [4.69, 9.17) is 4.42 Å². The van der Waals surface area contributed by atoms with Crippen molar-refractivity contribution in [2.75, 3.05) is 4.90 Å². The van der Waals surface area contributed by atoms with E-state index in [2.05, 4.69) is 228 Å². The smallest absolute Gasteiger partial charge is 0.147 e. The van der Waals surface area contributed by atoms with Gasteiger partial charge in [-0.1, -0.05) is 164 Å². The van der Waals surface area contributed by atoms with Gasteiger partial charge in [0.1, 0.15) is 11.2 Å². The van der Waals surface area contributed by atoms with Crippen LogP contribution < -0.4 is 4.90 Å². The fourth-order valence-corrected chi connectivity index (χ4v) is 8.52. The van der Waals surface area contributed by atoms with Crippen LogP contribution in [0.3, 0.4) is 0 Å². The lowest BCUT2D eigenvalue weighted by Crippen LogP contribution is -2.10. The summed E-state index contributed by atoms with van der Waals surface area (Å²) in [5.74, 6) is 0. The maximum absolute atomic E-state index is 6.99. The van der Waals surface area contributed by atoms with Crippen molar-refractivity contribution in [3.8, 4) is 39.1 Å². The fourth-order valence-electron chi connectivity index (χ4n) is 8.52. The first-order valence-electron chi connectivity index (χ1n) is 19.4. The lowest BCUT2D eigenvalue weighted by Gasteiger charge is -2.27. The average Bonchev–Trinajstić information content (AvgIpc) is 3.84. The first-order valence-corrected chi connectivity index (χ1v) is 19.4. The van der Waals surface area contributed by atoms with Crippen molar-refractivity contribution in [2.45, 2.75) is 0 Å². The first kappa shape index (κ1) is 32.8. The van der Waals surface area contributed by atoms with Crippen LogP contribution in [0.4, 0.5) is 17.1 Å². The Bertz CT molecular complexity index is 3120. The standard InChI is InChI=1S/C54H36N2O/c1-4-15-37(16-5-1)40-27-31-43(32-28-40)55(44-33-29-41(30-34-44)38-17-6-2-7-18-38)49-36-50-52(54-53(49)47-24-11-13-26-51(47)57-54)46-23-10-12-25-48(46)56(50)45-22-14-21-42(35-45)39-19-8-3-9-20-39/h1-36H. The number of para-hydroxylation sites is 2. The molecule has 0 radical (unpaired) electrons. The van der Waals surface area contributed by atoms with Crippen molar-refractivity contribution in [1.82, 2.24) is 4.57 Å². The third kappa shape index (κ3) is 5.60. The molecule has 0 N–H and O–H groups in total. The molecular formula is C54H36N2O. The molecule has 0 unspecified atom stereocenters. The van der Waals surface area contributed by atoms with E-state index in [9.17, 15) is 0 Å². The largest absolute Gasteiger partial charge is 0.455 e. The van der Waals surface area contributed by atoms with Crippen molar-refractivity contribution in [1.29, 1.82) is 0 Å². The van der Waals surface area contributed by atoms with Gasteiger partial charge < -0.3 is 13.9 Å². The molecule has 2 aromatic heterocycles. The molecule has 0 atom stereocenters. The number of furan rings is 1. The highest BCUT2D eigenvalue weighted by Gasteiger charge is 2.26. The predicted octanol–water partition coefficient (Wildman–Crippen LogP) is 15.2. The number of hydrogen-bond acceptors (Lipinski definition) is 2. The predicted molar refractivity (Wildman–Crippen MR) is 239 cm³/mol. The van der Waals surface area contributed by atoms with Crippen LogP contribution in [0.1, 0.15) is 0 Å². The Morgan fingerprint density at radius 1 is 0.351 bits per heavy atom. The molecule has 268 valence electrons. The molecule has 0 saturated carbocycles. The molecular weight excluding hydrogens is 693 g/mol. The highest BCUT2D eigenvalue weighted by atomic mass is 16.3. The monoisotopic (exact) mass is 728 g/mol. The van der Waals surface area contributed by atoms with E-state index >= 15 is 0 Å². The third-order valence-corrected chi connectivity index (χ3v) is 11.2. The summed E-state index contributed by atoms with van der Waals surface area (Å²) in [6.07, 6.45) is 0. The average molecular weight is 729 g/mol. The Morgan fingerprint density at radius 2 is 0.842 bits per heavy atom. The van der Waals surface area contributed by atoms with E-state index in [-0.39, 0.29) is 0 Å². The molecule has 0 aliphatic heterocycles. The second-order valence-electron chi connectivity index (χ2n) is 14.5. The molecule has 2 heterocycles. The molecule has 0 fully saturated rings. The number of aromatic nitrogens is 1. The van der Waals surface area contributed by atoms with Crippen molar-refractivity contribution in [2.24, 2.45) is 0 Å². The van der Waals surface area contributed by atoms with Crippen LogP contribution in [0.5, 0.6) is 0 Å². The minimum absolute atomic E-state index is 0.864. The van der Waals surface area contributed by atoms with Crippen LogP contribution >= 0.6 is 0 Å². The molecule has 0 spiro atoms. The van der Waals surface area contributed by atoms with E-state index in [1.807, 2.05) is 0 Å². The van der Waals surface area contributed by atoms with Gasteiger partial charge in [-0.25, -0.2) is 0 Å². The molecule has 3 heteroatoms. The number of rotatable bonds is 7. The van der Waals surface area contributed by atoms with Gasteiger partial charge in [0.15, 0.2) is 0 Å². The van der Waals surface area contributed by atoms with Crippen LogP contribution in [-0.4, -0.2) is 4.57 Å². The molecule has 0 amide bonds. The van der Waals surface area contributed by atoms with Gasteiger partial charge in [-0.05, 0) is 88.0 Å². The zero-order valence-electron chi connectivity index (χ0n) is 31.1. The Labute approximate surface area is 330 Å². The van der Waals surface area contributed by atoms with E-state index < -0.39 is 0 Å². The summed E-state index contributed by atoms with van der Waals surface area (Å²) in [5, 5.41) is 4.42. The zero-order valence-corrected chi connectivity index (χ0v) is 31.1. The maximum atomic E-state index is 6.99. The molecule has 0 bridgehead atoms. The molecule has 0 aliphatic carbocycles. The SMILES string of the molecule is c1ccc(-c2ccc(N(c3ccc(-c4ccccc4)cc3)c3cc4c(c5ccccc5n4-c4cccc(-c5ccccc5)c4)c4oc5ccccc5c34)cc2)cc1. The maximum Gasteiger partial charge on any atom is 0.147 e. The molecule has 11 aromatic rings. The Morgan fingerprint density at radius 3 is 1.46 bits per heavy atom. The minimum atomic E-state index is 0.864. The van der Waals surface area contributed by atoms with Crippen LogP contribution in [0, 0.1) is 0 Å². The van der Waals surface area contributed by atoms with E-state index in [1.54, 1.807) is 0 Å². The Balaban J connectivity index is 1.21. The summed E-state index contributed by atoms with van der Waals surface area (Å²) < 4.78 is 9.40. The van der Waals surface area contributed by atoms with Gasteiger partial charge in [0.05, 0.1) is 27.5 Å². The molecule has 11 rings (SSSR count). The van der Waals surface area contributed by atoms with Crippen molar-refractivity contribution in [3.63, 3.8) is 0 Å². The number of hydrogen-bond donors (Lipinski definition) is 0. The topological polar surface area (TPSA) is 21.3 Å². The third-order valence-electron chi connectivity index (χ3n) is 11.2. The Hall–Kier alpha value is -7.62. The summed E-state index contributed by atoms with van der Waals surface area (Å²) >= 11 is 0. The van der Waals surface area contributed by atoms with Gasteiger partial charge in [-0.15, -0.1) is 0 Å². The molecule has 3 nitrogen and oxygen atoms in total. The van der Waals surface area contributed by atoms with Crippen LogP contribution in [0.15, 0.2) is 223 Å². The number of anilines is 3. The Kier molecular flexibility index (Phi) is 7.82. The van der Waals surface area contributed by atoms with Crippen LogP contribution in [0.2, 0.25) is 0 Å². The highest BCUT2D eigenvalue weighted by molar-refractivity contribution is 6.28. The fraction of sp³-hybridized carbons (Fsp3) is 0. The van der Waals surface area contributed by atoms with E-state index in [0.717, 1.165) is 66.5 Å². The van der Waals surface area contributed by atoms with Crippen LogP contribution in [0.25, 0.3) is 82.8 Å². The summed E-state index contributed by atoms with van der Waals surface area (Å²) in [7, 11) is 0. The van der Waals surface area contributed by atoms with Crippen molar-refractivity contribution < 1.29 is 4.42 Å². The van der Waals surface area contributed by atoms with Gasteiger partial charge >= 0.3 is 0 Å². The minimum Gasteiger partial charge on any atom is -0.455 e. The number of fused-ring (bicyclic) bond motifs is 7. The molecule has 0 aliphatic rings. The lowest BCUT2D eigenvalue weighted by molar-refractivity contribution is 0.673. The molecule has 9 aromatic carbocycles.